The molecule has 0 N–H and O–H groups in total. The first-order chi connectivity index (χ1) is 4.35. The summed E-state index contributed by atoms with van der Waals surface area (Å²) in [5.74, 6) is 0. The third-order valence-corrected chi connectivity index (χ3v) is 1.53. The summed E-state index contributed by atoms with van der Waals surface area (Å²) < 4.78 is 0. The zero-order valence-electron chi connectivity index (χ0n) is 6.48. The van der Waals surface area contributed by atoms with E-state index in [2.05, 4.69) is 26.5 Å². The third kappa shape index (κ3) is 4.01. The Kier molecular flexibility index (Phi) is 5.29. The van der Waals surface area contributed by atoms with Gasteiger partial charge in [-0.2, -0.15) is 0 Å². The second kappa shape index (κ2) is 5.61. The van der Waals surface area contributed by atoms with Crippen molar-refractivity contribution >= 4 is 0 Å². The summed E-state index contributed by atoms with van der Waals surface area (Å²) in [5.41, 5.74) is 1.54. The molecule has 0 saturated carbocycles. The molecule has 0 spiro atoms. The van der Waals surface area contributed by atoms with E-state index >= 15 is 0 Å². The molecule has 0 fully saturated rings. The lowest BCUT2D eigenvalue weighted by atomic mass is 10.1. The standard InChI is InChI=1S/C9H16/c1-4-7-8-9(5-2)6-3/h4-5H,1,6-8H2,2-3H3/b9-5-. The summed E-state index contributed by atoms with van der Waals surface area (Å²) >= 11 is 0. The highest BCUT2D eigenvalue weighted by Gasteiger charge is 1.87. The van der Waals surface area contributed by atoms with Crippen molar-refractivity contribution in [2.45, 2.75) is 33.1 Å². The fourth-order valence-electron chi connectivity index (χ4n) is 0.813. The monoisotopic (exact) mass is 124 g/mol. The fraction of sp³-hybridized carbons (Fsp3) is 0.556. The molecule has 0 aliphatic carbocycles. The average molecular weight is 124 g/mol. The predicted octanol–water partition coefficient (Wildman–Crippen LogP) is 3.31. The molecule has 0 heterocycles. The van der Waals surface area contributed by atoms with Crippen molar-refractivity contribution < 1.29 is 0 Å². The number of rotatable bonds is 4. The highest BCUT2D eigenvalue weighted by Crippen LogP contribution is 2.08. The van der Waals surface area contributed by atoms with Crippen molar-refractivity contribution in [2.75, 3.05) is 0 Å². The van der Waals surface area contributed by atoms with E-state index in [1.54, 1.807) is 0 Å². The molecule has 0 rings (SSSR count). The quantitative estimate of drug-likeness (QED) is 0.504. The average Bonchev–Trinajstić information content (AvgIpc) is 1.91. The molecule has 0 amide bonds. The van der Waals surface area contributed by atoms with E-state index in [1.165, 1.54) is 18.4 Å². The van der Waals surface area contributed by atoms with Crippen LogP contribution in [0.1, 0.15) is 33.1 Å². The zero-order valence-corrected chi connectivity index (χ0v) is 6.48. The lowest BCUT2D eigenvalue weighted by molar-refractivity contribution is 0.906. The number of hydrogen-bond donors (Lipinski definition) is 0. The molecule has 0 aromatic heterocycles. The Morgan fingerprint density at radius 3 is 2.56 bits per heavy atom. The Morgan fingerprint density at radius 2 is 2.22 bits per heavy atom. The molecule has 0 unspecified atom stereocenters. The molecular formula is C9H16. The van der Waals surface area contributed by atoms with E-state index in [9.17, 15) is 0 Å². The molecule has 0 radical (unpaired) electrons. The molecule has 0 atom stereocenters. The molecular weight excluding hydrogens is 108 g/mol. The van der Waals surface area contributed by atoms with Crippen LogP contribution < -0.4 is 0 Å². The van der Waals surface area contributed by atoms with Gasteiger partial charge in [0.15, 0.2) is 0 Å². The minimum Gasteiger partial charge on any atom is -0.103 e. The minimum absolute atomic E-state index is 1.12. The van der Waals surface area contributed by atoms with Crippen LogP contribution in [0.15, 0.2) is 24.3 Å². The van der Waals surface area contributed by atoms with Crippen LogP contribution >= 0.6 is 0 Å². The summed E-state index contributed by atoms with van der Waals surface area (Å²) in [6.45, 7) is 7.97. The Hall–Kier alpha value is -0.520. The van der Waals surface area contributed by atoms with Crippen LogP contribution in [-0.2, 0) is 0 Å². The van der Waals surface area contributed by atoms with Crippen LogP contribution in [0.25, 0.3) is 0 Å². The Labute approximate surface area is 58.3 Å². The molecule has 0 aliphatic heterocycles. The van der Waals surface area contributed by atoms with Gasteiger partial charge in [-0.25, -0.2) is 0 Å². The van der Waals surface area contributed by atoms with Gasteiger partial charge in [0.1, 0.15) is 0 Å². The summed E-state index contributed by atoms with van der Waals surface area (Å²) in [4.78, 5) is 0. The summed E-state index contributed by atoms with van der Waals surface area (Å²) in [7, 11) is 0. The van der Waals surface area contributed by atoms with Crippen molar-refractivity contribution in [3.8, 4) is 0 Å². The lowest BCUT2D eigenvalue weighted by Crippen LogP contribution is -1.77. The third-order valence-electron chi connectivity index (χ3n) is 1.53. The van der Waals surface area contributed by atoms with E-state index in [4.69, 9.17) is 0 Å². The van der Waals surface area contributed by atoms with Gasteiger partial charge in [-0.3, -0.25) is 0 Å². The van der Waals surface area contributed by atoms with Crippen LogP contribution in [0.2, 0.25) is 0 Å². The SMILES string of the molecule is C=CCC/C(=C\C)CC. The summed E-state index contributed by atoms with van der Waals surface area (Å²) in [6, 6.07) is 0. The molecule has 0 aromatic carbocycles. The van der Waals surface area contributed by atoms with Gasteiger partial charge < -0.3 is 0 Å². The van der Waals surface area contributed by atoms with Gasteiger partial charge in [-0.15, -0.1) is 6.58 Å². The molecule has 0 saturated heterocycles. The van der Waals surface area contributed by atoms with E-state index in [0.717, 1.165) is 6.42 Å². The molecule has 0 nitrogen and oxygen atoms in total. The van der Waals surface area contributed by atoms with Gasteiger partial charge in [0.05, 0.1) is 0 Å². The van der Waals surface area contributed by atoms with Crippen molar-refractivity contribution in [1.82, 2.24) is 0 Å². The van der Waals surface area contributed by atoms with Gasteiger partial charge in [-0.05, 0) is 26.2 Å². The van der Waals surface area contributed by atoms with Crippen LogP contribution in [0.4, 0.5) is 0 Å². The Balaban J connectivity index is 3.44. The van der Waals surface area contributed by atoms with Crippen molar-refractivity contribution in [2.24, 2.45) is 0 Å². The van der Waals surface area contributed by atoms with E-state index < -0.39 is 0 Å². The summed E-state index contributed by atoms with van der Waals surface area (Å²) in [6.07, 6.45) is 7.66. The minimum atomic E-state index is 1.12. The second-order valence-electron chi connectivity index (χ2n) is 2.13. The maximum Gasteiger partial charge on any atom is -0.0286 e. The largest absolute Gasteiger partial charge is 0.103 e. The van der Waals surface area contributed by atoms with Crippen molar-refractivity contribution in [1.29, 1.82) is 0 Å². The number of allylic oxidation sites excluding steroid dienone is 3. The van der Waals surface area contributed by atoms with Crippen LogP contribution in [0.3, 0.4) is 0 Å². The zero-order chi connectivity index (χ0) is 7.11. The lowest BCUT2D eigenvalue weighted by Gasteiger charge is -1.98. The topological polar surface area (TPSA) is 0 Å². The van der Waals surface area contributed by atoms with Gasteiger partial charge in [-0.1, -0.05) is 24.6 Å². The Morgan fingerprint density at radius 1 is 1.56 bits per heavy atom. The molecule has 9 heavy (non-hydrogen) atoms. The van der Waals surface area contributed by atoms with E-state index in [1.807, 2.05) is 6.08 Å². The first kappa shape index (κ1) is 8.48. The maximum absolute atomic E-state index is 3.67. The molecule has 0 aliphatic rings. The van der Waals surface area contributed by atoms with Gasteiger partial charge in [0, 0.05) is 0 Å². The van der Waals surface area contributed by atoms with Gasteiger partial charge in [0.2, 0.25) is 0 Å². The van der Waals surface area contributed by atoms with Gasteiger partial charge in [0.25, 0.3) is 0 Å². The number of hydrogen-bond acceptors (Lipinski definition) is 0. The van der Waals surface area contributed by atoms with Crippen LogP contribution in [0, 0.1) is 0 Å². The maximum atomic E-state index is 3.67. The van der Waals surface area contributed by atoms with E-state index in [0.29, 0.717) is 0 Å². The smallest absolute Gasteiger partial charge is 0.0286 e. The normalized spacial score (nSPS) is 11.6. The van der Waals surface area contributed by atoms with Gasteiger partial charge >= 0.3 is 0 Å². The second-order valence-corrected chi connectivity index (χ2v) is 2.13. The molecule has 0 aromatic rings. The highest BCUT2D eigenvalue weighted by molar-refractivity contribution is 5.00. The molecule has 0 heteroatoms. The Bertz CT molecular complexity index is 98.6. The molecule has 0 bridgehead atoms. The predicted molar refractivity (Wildman–Crippen MR) is 43.5 cm³/mol. The van der Waals surface area contributed by atoms with E-state index in [-0.39, 0.29) is 0 Å². The van der Waals surface area contributed by atoms with Crippen molar-refractivity contribution in [3.05, 3.63) is 24.3 Å². The van der Waals surface area contributed by atoms with Crippen LogP contribution in [0.5, 0.6) is 0 Å². The summed E-state index contributed by atoms with van der Waals surface area (Å²) in [5, 5.41) is 0. The highest BCUT2D eigenvalue weighted by atomic mass is 13.9. The fourth-order valence-corrected chi connectivity index (χ4v) is 0.813. The van der Waals surface area contributed by atoms with Crippen molar-refractivity contribution in [3.63, 3.8) is 0 Å². The first-order valence-electron chi connectivity index (χ1n) is 3.60. The first-order valence-corrected chi connectivity index (χ1v) is 3.60. The molecule has 52 valence electrons. The van der Waals surface area contributed by atoms with Crippen LogP contribution in [-0.4, -0.2) is 0 Å².